The normalized spacial score (nSPS) is 14.9. The number of nitrogens with one attached hydrogen (secondary N) is 1. The van der Waals surface area contributed by atoms with Gasteiger partial charge in [0.25, 0.3) is 0 Å². The lowest BCUT2D eigenvalue weighted by atomic mass is 10.1. The number of thiophene rings is 1. The standard InChI is InChI=1S/C14H16N2O4S2/c1-10(17)16-4-2-13-12(8-16)6-14(21-13)22(18,19)15-7-11-3-5-20-9-11/h3,5-6,9,15H,2,4,7-8H2,1H3. The van der Waals surface area contributed by atoms with Gasteiger partial charge < -0.3 is 9.32 Å². The van der Waals surface area contributed by atoms with Crippen LogP contribution in [0.5, 0.6) is 0 Å². The third kappa shape index (κ3) is 3.08. The maximum absolute atomic E-state index is 12.3. The Morgan fingerprint density at radius 2 is 2.32 bits per heavy atom. The third-order valence-corrected chi connectivity index (χ3v) is 6.71. The zero-order valence-corrected chi connectivity index (χ0v) is 13.7. The van der Waals surface area contributed by atoms with Crippen molar-refractivity contribution >= 4 is 27.3 Å². The van der Waals surface area contributed by atoms with Gasteiger partial charge in [-0.25, -0.2) is 13.1 Å². The lowest BCUT2D eigenvalue weighted by molar-refractivity contribution is -0.129. The second kappa shape index (κ2) is 5.86. The summed E-state index contributed by atoms with van der Waals surface area (Å²) in [4.78, 5) is 14.2. The quantitative estimate of drug-likeness (QED) is 0.919. The number of hydrogen-bond acceptors (Lipinski definition) is 5. The van der Waals surface area contributed by atoms with Crippen LogP contribution in [0.15, 0.2) is 33.3 Å². The number of carbonyl (C=O) groups is 1. The molecule has 2 aromatic heterocycles. The van der Waals surface area contributed by atoms with Gasteiger partial charge in [-0.2, -0.15) is 0 Å². The SMILES string of the molecule is CC(=O)N1CCc2sc(S(=O)(=O)NCc3ccoc3)cc2C1. The number of rotatable bonds is 4. The van der Waals surface area contributed by atoms with Gasteiger partial charge in [-0.3, -0.25) is 4.79 Å². The first-order valence-corrected chi connectivity index (χ1v) is 9.13. The van der Waals surface area contributed by atoms with Gasteiger partial charge in [0.05, 0.1) is 12.5 Å². The van der Waals surface area contributed by atoms with Gasteiger partial charge in [0.1, 0.15) is 4.21 Å². The Kier molecular flexibility index (Phi) is 4.07. The molecule has 1 N–H and O–H groups in total. The van der Waals surface area contributed by atoms with Crippen LogP contribution in [0, 0.1) is 0 Å². The molecule has 0 atom stereocenters. The van der Waals surface area contributed by atoms with E-state index in [-0.39, 0.29) is 12.5 Å². The van der Waals surface area contributed by atoms with Crippen molar-refractivity contribution in [2.45, 2.75) is 30.6 Å². The number of nitrogens with zero attached hydrogens (tertiary/aromatic N) is 1. The topological polar surface area (TPSA) is 79.6 Å². The van der Waals surface area contributed by atoms with Crippen LogP contribution >= 0.6 is 11.3 Å². The maximum Gasteiger partial charge on any atom is 0.250 e. The van der Waals surface area contributed by atoms with Gasteiger partial charge in [0, 0.05) is 37.0 Å². The van der Waals surface area contributed by atoms with Gasteiger partial charge in [-0.05, 0) is 24.1 Å². The summed E-state index contributed by atoms with van der Waals surface area (Å²) in [7, 11) is -3.54. The molecule has 0 bridgehead atoms. The van der Waals surface area contributed by atoms with Gasteiger partial charge >= 0.3 is 0 Å². The molecule has 8 heteroatoms. The summed E-state index contributed by atoms with van der Waals surface area (Å²) in [5.74, 6) is 0.0133. The minimum Gasteiger partial charge on any atom is -0.472 e. The molecule has 3 heterocycles. The Morgan fingerprint density at radius 1 is 1.50 bits per heavy atom. The van der Waals surface area contributed by atoms with E-state index in [4.69, 9.17) is 4.42 Å². The van der Waals surface area contributed by atoms with Crippen LogP contribution in [0.25, 0.3) is 0 Å². The van der Waals surface area contributed by atoms with Crippen molar-refractivity contribution in [1.82, 2.24) is 9.62 Å². The highest BCUT2D eigenvalue weighted by atomic mass is 32.2. The molecule has 1 amide bonds. The largest absolute Gasteiger partial charge is 0.472 e. The van der Waals surface area contributed by atoms with Gasteiger partial charge in [-0.1, -0.05) is 0 Å². The molecule has 0 saturated carbocycles. The molecule has 2 aromatic rings. The summed E-state index contributed by atoms with van der Waals surface area (Å²) < 4.78 is 32.5. The number of sulfonamides is 1. The monoisotopic (exact) mass is 340 g/mol. The Bertz CT molecular complexity index is 778. The molecule has 0 radical (unpaired) electrons. The number of hydrogen-bond donors (Lipinski definition) is 1. The first-order valence-electron chi connectivity index (χ1n) is 6.83. The molecular formula is C14H16N2O4S2. The van der Waals surface area contributed by atoms with Gasteiger partial charge in [-0.15, -0.1) is 11.3 Å². The Hall–Kier alpha value is -1.64. The first-order chi connectivity index (χ1) is 10.5. The van der Waals surface area contributed by atoms with Crippen LogP contribution < -0.4 is 4.72 Å². The van der Waals surface area contributed by atoms with Crippen molar-refractivity contribution in [1.29, 1.82) is 0 Å². The number of furan rings is 1. The number of carbonyl (C=O) groups excluding carboxylic acids is 1. The lowest BCUT2D eigenvalue weighted by Crippen LogP contribution is -2.33. The average Bonchev–Trinajstić information content (AvgIpc) is 3.13. The highest BCUT2D eigenvalue weighted by molar-refractivity contribution is 7.91. The smallest absolute Gasteiger partial charge is 0.250 e. The second-order valence-corrected chi connectivity index (χ2v) is 8.29. The first kappa shape index (κ1) is 15.3. The maximum atomic E-state index is 12.3. The molecule has 0 aromatic carbocycles. The Labute approximate surface area is 132 Å². The van der Waals surface area contributed by atoms with Crippen molar-refractivity contribution in [2.24, 2.45) is 0 Å². The summed E-state index contributed by atoms with van der Waals surface area (Å²) in [6.07, 6.45) is 3.72. The molecule has 0 saturated heterocycles. The highest BCUT2D eigenvalue weighted by Crippen LogP contribution is 2.31. The summed E-state index contributed by atoms with van der Waals surface area (Å²) in [6, 6.07) is 3.39. The fourth-order valence-corrected chi connectivity index (χ4v) is 4.96. The van der Waals surface area contributed by atoms with Gasteiger partial charge in [0.15, 0.2) is 0 Å². The molecule has 3 rings (SSSR count). The van der Waals surface area contributed by atoms with Crippen molar-refractivity contribution in [3.05, 3.63) is 40.7 Å². The van der Waals surface area contributed by atoms with E-state index < -0.39 is 10.0 Å². The molecule has 118 valence electrons. The lowest BCUT2D eigenvalue weighted by Gasteiger charge is -2.25. The fourth-order valence-electron chi connectivity index (χ4n) is 2.35. The van der Waals surface area contributed by atoms with Crippen LogP contribution in [-0.2, 0) is 34.3 Å². The summed E-state index contributed by atoms with van der Waals surface area (Å²) >= 11 is 1.28. The molecular weight excluding hydrogens is 324 g/mol. The minimum atomic E-state index is -3.54. The van der Waals surface area contributed by atoms with E-state index in [0.29, 0.717) is 23.7 Å². The van der Waals surface area contributed by atoms with E-state index in [1.165, 1.54) is 30.8 Å². The zero-order chi connectivity index (χ0) is 15.7. The van der Waals surface area contributed by atoms with Crippen LogP contribution in [0.2, 0.25) is 0 Å². The Balaban J connectivity index is 1.76. The molecule has 6 nitrogen and oxygen atoms in total. The van der Waals surface area contributed by atoms with Crippen molar-refractivity contribution in [3.63, 3.8) is 0 Å². The van der Waals surface area contributed by atoms with Crippen molar-refractivity contribution in [2.75, 3.05) is 6.54 Å². The van der Waals surface area contributed by atoms with E-state index in [9.17, 15) is 13.2 Å². The van der Waals surface area contributed by atoms with Gasteiger partial charge in [0.2, 0.25) is 15.9 Å². The third-order valence-electron chi connectivity index (χ3n) is 3.60. The molecule has 0 fully saturated rings. The predicted octanol–water partition coefficient (Wildman–Crippen LogP) is 1.72. The predicted molar refractivity (Wildman–Crippen MR) is 81.8 cm³/mol. The molecule has 1 aliphatic rings. The van der Waals surface area contributed by atoms with Crippen LogP contribution in [0.3, 0.4) is 0 Å². The van der Waals surface area contributed by atoms with Crippen LogP contribution in [0.1, 0.15) is 22.9 Å². The van der Waals surface area contributed by atoms with E-state index in [1.807, 2.05) is 0 Å². The molecule has 0 spiro atoms. The minimum absolute atomic E-state index is 0.0133. The summed E-state index contributed by atoms with van der Waals surface area (Å²) in [5.41, 5.74) is 1.70. The fraction of sp³-hybridized carbons (Fsp3) is 0.357. The number of amides is 1. The average molecular weight is 340 g/mol. The van der Waals surface area contributed by atoms with E-state index in [2.05, 4.69) is 4.72 Å². The molecule has 0 unspecified atom stereocenters. The molecule has 0 aliphatic carbocycles. The van der Waals surface area contributed by atoms with E-state index in [1.54, 1.807) is 17.0 Å². The molecule has 22 heavy (non-hydrogen) atoms. The van der Waals surface area contributed by atoms with Crippen molar-refractivity contribution in [3.8, 4) is 0 Å². The Morgan fingerprint density at radius 3 is 3.00 bits per heavy atom. The van der Waals surface area contributed by atoms with Crippen molar-refractivity contribution < 1.29 is 17.6 Å². The summed E-state index contributed by atoms with van der Waals surface area (Å²) in [6.45, 7) is 2.85. The van der Waals surface area contributed by atoms with Crippen LogP contribution in [0.4, 0.5) is 0 Å². The molecule has 1 aliphatic heterocycles. The summed E-state index contributed by atoms with van der Waals surface area (Å²) in [5, 5.41) is 0. The van der Waals surface area contributed by atoms with E-state index >= 15 is 0 Å². The van der Waals surface area contributed by atoms with Crippen LogP contribution in [-0.4, -0.2) is 25.8 Å². The highest BCUT2D eigenvalue weighted by Gasteiger charge is 2.25. The second-order valence-electron chi connectivity index (χ2n) is 5.16. The number of fused-ring (bicyclic) bond motifs is 1. The zero-order valence-electron chi connectivity index (χ0n) is 12.0. The van der Waals surface area contributed by atoms with E-state index in [0.717, 1.165) is 16.0 Å².